The van der Waals surface area contributed by atoms with Crippen LogP contribution in [0.4, 0.5) is 5.13 Å². The van der Waals surface area contributed by atoms with E-state index in [1.807, 2.05) is 92.7 Å². The number of carbonyl (C=O) groups is 1. The summed E-state index contributed by atoms with van der Waals surface area (Å²) in [5.74, 6) is 0.488. The molecule has 0 bridgehead atoms. The van der Waals surface area contributed by atoms with Crippen LogP contribution in [0.3, 0.4) is 0 Å². The van der Waals surface area contributed by atoms with Crippen LogP contribution in [-0.2, 0) is 0 Å². The minimum atomic E-state index is -0.241. The van der Waals surface area contributed by atoms with E-state index in [0.29, 0.717) is 28.0 Å². The number of thiazole rings is 1. The van der Waals surface area contributed by atoms with Crippen LogP contribution in [-0.4, -0.2) is 22.5 Å². The van der Waals surface area contributed by atoms with E-state index in [2.05, 4.69) is 10.3 Å². The van der Waals surface area contributed by atoms with Crippen LogP contribution in [0.15, 0.2) is 78.9 Å². The summed E-state index contributed by atoms with van der Waals surface area (Å²) in [5.41, 5.74) is 4.55. The number of aryl methyl sites for hydroxylation is 1. The van der Waals surface area contributed by atoms with Crippen LogP contribution in [0, 0.1) is 6.92 Å². The van der Waals surface area contributed by atoms with Crippen molar-refractivity contribution in [3.63, 3.8) is 0 Å². The van der Waals surface area contributed by atoms with Crippen LogP contribution < -0.4 is 10.1 Å². The largest absolute Gasteiger partial charge is 0.493 e. The summed E-state index contributed by atoms with van der Waals surface area (Å²) in [6.45, 7) is 4.47. The number of pyridine rings is 1. The molecule has 0 atom stereocenters. The zero-order chi connectivity index (χ0) is 24.4. The number of carbonyl (C=O) groups excluding carboxylic acids is 1. The Labute approximate surface area is 212 Å². The number of aromatic nitrogens is 2. The lowest BCUT2D eigenvalue weighted by molar-refractivity contribution is 0.102. The first kappa shape index (κ1) is 23.0. The summed E-state index contributed by atoms with van der Waals surface area (Å²) < 4.78 is 5.81. The fraction of sp³-hybridized carbons (Fsp3) is 0.107. The molecule has 0 spiro atoms. The lowest BCUT2D eigenvalue weighted by Crippen LogP contribution is -2.13. The third-order valence-corrected chi connectivity index (χ3v) is 6.70. The Balaban J connectivity index is 1.53. The predicted octanol–water partition coefficient (Wildman–Crippen LogP) is 7.64. The Kier molecular flexibility index (Phi) is 6.49. The van der Waals surface area contributed by atoms with Crippen LogP contribution in [0.5, 0.6) is 5.75 Å². The highest BCUT2D eigenvalue weighted by Crippen LogP contribution is 2.34. The molecule has 1 N–H and O–H groups in total. The summed E-state index contributed by atoms with van der Waals surface area (Å²) in [4.78, 5) is 24.0. The van der Waals surface area contributed by atoms with E-state index in [9.17, 15) is 4.79 Å². The number of benzene rings is 3. The summed E-state index contributed by atoms with van der Waals surface area (Å²) in [6.07, 6.45) is 0. The van der Waals surface area contributed by atoms with Gasteiger partial charge in [-0.15, -0.1) is 11.3 Å². The Bertz CT molecular complexity index is 1530. The molecule has 35 heavy (non-hydrogen) atoms. The molecule has 5 nitrogen and oxygen atoms in total. The average Bonchev–Trinajstić information content (AvgIpc) is 3.24. The number of hydrogen-bond donors (Lipinski definition) is 1. The molecule has 0 aliphatic heterocycles. The topological polar surface area (TPSA) is 64.1 Å². The van der Waals surface area contributed by atoms with Crippen molar-refractivity contribution in [2.75, 3.05) is 11.9 Å². The molecular formula is C28H22ClN3O2S. The molecule has 174 valence electrons. The normalized spacial score (nSPS) is 10.9. The molecule has 2 aromatic heterocycles. The van der Waals surface area contributed by atoms with Crippen molar-refractivity contribution in [1.82, 2.24) is 9.97 Å². The van der Waals surface area contributed by atoms with Crippen molar-refractivity contribution >= 4 is 44.9 Å². The standard InChI is InChI=1S/C28H22ClN3O2S/c1-3-34-25-11-7-5-9-21(25)24-16-22(20-8-4-6-10-23(20)30-24)27(33)32-28-31-26(17(2)35-28)18-12-14-19(29)15-13-18/h4-16H,3H2,1-2H3,(H,31,32,33). The minimum Gasteiger partial charge on any atom is -0.493 e. The van der Waals surface area contributed by atoms with Gasteiger partial charge in [-0.2, -0.15) is 0 Å². The first-order chi connectivity index (χ1) is 17.0. The van der Waals surface area contributed by atoms with Crippen molar-refractivity contribution in [2.45, 2.75) is 13.8 Å². The van der Waals surface area contributed by atoms with Gasteiger partial charge in [-0.05, 0) is 50.2 Å². The predicted molar refractivity (Wildman–Crippen MR) is 144 cm³/mol. The van der Waals surface area contributed by atoms with E-state index in [1.54, 1.807) is 0 Å². The number of nitrogens with one attached hydrogen (secondary N) is 1. The van der Waals surface area contributed by atoms with Gasteiger partial charge >= 0.3 is 0 Å². The van der Waals surface area contributed by atoms with Gasteiger partial charge in [0, 0.05) is 26.4 Å². The maximum Gasteiger partial charge on any atom is 0.258 e. The maximum absolute atomic E-state index is 13.5. The Morgan fingerprint density at radius 1 is 1.00 bits per heavy atom. The van der Waals surface area contributed by atoms with Crippen LogP contribution in [0.25, 0.3) is 33.4 Å². The molecule has 5 aromatic rings. The first-order valence-electron chi connectivity index (χ1n) is 11.2. The van der Waals surface area contributed by atoms with Gasteiger partial charge in [-0.3, -0.25) is 10.1 Å². The van der Waals surface area contributed by atoms with Crippen molar-refractivity contribution in [2.24, 2.45) is 0 Å². The van der Waals surface area contributed by atoms with Gasteiger partial charge in [0.1, 0.15) is 5.75 Å². The Hall–Kier alpha value is -3.74. The maximum atomic E-state index is 13.5. The van der Waals surface area contributed by atoms with Gasteiger partial charge in [0.15, 0.2) is 5.13 Å². The Morgan fingerprint density at radius 3 is 2.54 bits per heavy atom. The molecule has 1 amide bonds. The second-order valence-corrected chi connectivity index (χ2v) is 9.53. The van der Waals surface area contributed by atoms with Gasteiger partial charge in [-0.1, -0.05) is 54.1 Å². The number of para-hydroxylation sites is 2. The second-order valence-electron chi connectivity index (χ2n) is 7.89. The number of nitrogens with zero attached hydrogens (tertiary/aromatic N) is 2. The van der Waals surface area contributed by atoms with Crippen LogP contribution >= 0.6 is 22.9 Å². The number of amides is 1. The molecule has 0 fully saturated rings. The molecule has 0 saturated heterocycles. The van der Waals surface area contributed by atoms with Gasteiger partial charge in [0.25, 0.3) is 5.91 Å². The number of ether oxygens (including phenoxy) is 1. The number of hydrogen-bond acceptors (Lipinski definition) is 5. The van der Waals surface area contributed by atoms with E-state index in [1.165, 1.54) is 11.3 Å². The second kappa shape index (κ2) is 9.86. The molecule has 0 radical (unpaired) electrons. The molecule has 0 aliphatic carbocycles. The molecule has 0 unspecified atom stereocenters. The number of rotatable bonds is 6. The van der Waals surface area contributed by atoms with Gasteiger partial charge < -0.3 is 4.74 Å². The van der Waals surface area contributed by atoms with Gasteiger partial charge in [-0.25, -0.2) is 9.97 Å². The minimum absolute atomic E-state index is 0.241. The molecule has 7 heteroatoms. The van der Waals surface area contributed by atoms with E-state index in [4.69, 9.17) is 21.3 Å². The fourth-order valence-electron chi connectivity index (χ4n) is 3.95. The van der Waals surface area contributed by atoms with E-state index in [0.717, 1.165) is 38.4 Å². The van der Waals surface area contributed by atoms with Crippen molar-refractivity contribution in [3.05, 3.63) is 94.3 Å². The first-order valence-corrected chi connectivity index (χ1v) is 12.4. The van der Waals surface area contributed by atoms with E-state index in [-0.39, 0.29) is 5.91 Å². The fourth-order valence-corrected chi connectivity index (χ4v) is 4.91. The van der Waals surface area contributed by atoms with Gasteiger partial charge in [0.05, 0.1) is 29.1 Å². The van der Waals surface area contributed by atoms with E-state index >= 15 is 0 Å². The molecule has 2 heterocycles. The lowest BCUT2D eigenvalue weighted by Gasteiger charge is -2.12. The highest BCUT2D eigenvalue weighted by molar-refractivity contribution is 7.16. The molecule has 3 aromatic carbocycles. The van der Waals surface area contributed by atoms with Crippen molar-refractivity contribution < 1.29 is 9.53 Å². The highest BCUT2D eigenvalue weighted by atomic mass is 35.5. The molecular weight excluding hydrogens is 478 g/mol. The molecule has 0 aliphatic rings. The number of fused-ring (bicyclic) bond motifs is 1. The van der Waals surface area contributed by atoms with Crippen molar-refractivity contribution in [3.8, 4) is 28.3 Å². The zero-order valence-corrected chi connectivity index (χ0v) is 20.8. The summed E-state index contributed by atoms with van der Waals surface area (Å²) >= 11 is 7.46. The lowest BCUT2D eigenvalue weighted by atomic mass is 10.0. The number of halogens is 1. The molecule has 0 saturated carbocycles. The van der Waals surface area contributed by atoms with Gasteiger partial charge in [0.2, 0.25) is 0 Å². The highest BCUT2D eigenvalue weighted by Gasteiger charge is 2.18. The quantitative estimate of drug-likeness (QED) is 0.261. The van der Waals surface area contributed by atoms with Crippen LogP contribution in [0.2, 0.25) is 5.02 Å². The summed E-state index contributed by atoms with van der Waals surface area (Å²) in [6, 6.07) is 24.7. The third-order valence-electron chi connectivity index (χ3n) is 5.56. The smallest absolute Gasteiger partial charge is 0.258 e. The Morgan fingerprint density at radius 2 is 1.74 bits per heavy atom. The number of anilines is 1. The monoisotopic (exact) mass is 499 g/mol. The summed E-state index contributed by atoms with van der Waals surface area (Å²) in [7, 11) is 0. The third kappa shape index (κ3) is 4.76. The average molecular weight is 500 g/mol. The zero-order valence-electron chi connectivity index (χ0n) is 19.2. The summed E-state index contributed by atoms with van der Waals surface area (Å²) in [5, 5.41) is 4.97. The molecule has 5 rings (SSSR count). The van der Waals surface area contributed by atoms with Crippen LogP contribution in [0.1, 0.15) is 22.2 Å². The van der Waals surface area contributed by atoms with Crippen molar-refractivity contribution in [1.29, 1.82) is 0 Å². The SMILES string of the molecule is CCOc1ccccc1-c1cc(C(=O)Nc2nc(-c3ccc(Cl)cc3)c(C)s2)c2ccccc2n1. The van der Waals surface area contributed by atoms with E-state index < -0.39 is 0 Å².